The summed E-state index contributed by atoms with van der Waals surface area (Å²) in [5.74, 6) is -1.22. The molecule has 1 saturated carbocycles. The predicted octanol–water partition coefficient (Wildman–Crippen LogP) is 0.506. The van der Waals surface area contributed by atoms with E-state index in [9.17, 15) is 23.1 Å². The average molecular weight is 306 g/mol. The number of amides is 2. The Hall–Kier alpha value is -1.31. The molecule has 0 bridgehead atoms. The molecule has 0 spiro atoms. The molecule has 1 aliphatic rings. The van der Waals surface area contributed by atoms with E-state index in [0.29, 0.717) is 12.8 Å². The second kappa shape index (κ2) is 6.43. The van der Waals surface area contributed by atoms with Crippen molar-refractivity contribution in [3.8, 4) is 0 Å². The molecule has 20 heavy (non-hydrogen) atoms. The second-order valence-electron chi connectivity index (χ2n) is 5.54. The summed E-state index contributed by atoms with van der Waals surface area (Å²) in [6.07, 6.45) is 4.36. The Kier molecular flexibility index (Phi) is 5.38. The summed E-state index contributed by atoms with van der Waals surface area (Å²) < 4.78 is 22.2. The van der Waals surface area contributed by atoms with Crippen molar-refractivity contribution in [2.24, 2.45) is 0 Å². The van der Waals surface area contributed by atoms with Crippen molar-refractivity contribution in [1.82, 2.24) is 10.6 Å². The third-order valence-electron chi connectivity index (χ3n) is 3.40. The van der Waals surface area contributed by atoms with Crippen molar-refractivity contribution in [3.63, 3.8) is 0 Å². The van der Waals surface area contributed by atoms with Crippen molar-refractivity contribution in [2.45, 2.75) is 50.6 Å². The molecule has 0 aromatic heterocycles. The molecule has 1 rings (SSSR count). The Bertz CT molecular complexity index is 468. The number of carboxylic acid groups (broad SMARTS) is 1. The highest BCUT2D eigenvalue weighted by Gasteiger charge is 2.41. The lowest BCUT2D eigenvalue weighted by Gasteiger charge is -2.34. The molecule has 0 radical (unpaired) electrons. The molecule has 3 N–H and O–H groups in total. The number of sulfone groups is 1. The molecule has 1 fully saturated rings. The molecule has 1 atom stereocenters. The first kappa shape index (κ1) is 16.7. The van der Waals surface area contributed by atoms with Gasteiger partial charge in [0.05, 0.1) is 5.75 Å². The summed E-state index contributed by atoms with van der Waals surface area (Å²) >= 11 is 0. The highest BCUT2D eigenvalue weighted by Crippen LogP contribution is 2.28. The minimum absolute atomic E-state index is 0.180. The molecule has 0 aromatic rings. The van der Waals surface area contributed by atoms with Gasteiger partial charge in [0.25, 0.3) is 0 Å². The largest absolute Gasteiger partial charge is 0.480 e. The van der Waals surface area contributed by atoms with Crippen molar-refractivity contribution in [1.29, 1.82) is 0 Å². The molecular weight excluding hydrogens is 284 g/mol. The van der Waals surface area contributed by atoms with Crippen LogP contribution in [0, 0.1) is 0 Å². The molecule has 116 valence electrons. The molecule has 1 aliphatic carbocycles. The third kappa shape index (κ3) is 4.99. The molecule has 0 saturated heterocycles. The molecular formula is C12H22N2O5S. The van der Waals surface area contributed by atoms with Gasteiger partial charge in [-0.3, -0.25) is 0 Å². The zero-order valence-corrected chi connectivity index (χ0v) is 12.6. The van der Waals surface area contributed by atoms with E-state index in [1.165, 1.54) is 0 Å². The van der Waals surface area contributed by atoms with Gasteiger partial charge in [-0.1, -0.05) is 19.3 Å². The Balaban J connectivity index is 2.61. The topological polar surface area (TPSA) is 113 Å². The normalized spacial score (nSPS) is 19.9. The number of hydrogen-bond acceptors (Lipinski definition) is 4. The summed E-state index contributed by atoms with van der Waals surface area (Å²) in [6, 6.07) is -1.20. The Morgan fingerprint density at radius 2 is 1.80 bits per heavy atom. The van der Waals surface area contributed by atoms with Crippen molar-refractivity contribution < 1.29 is 23.1 Å². The minimum Gasteiger partial charge on any atom is -0.480 e. The van der Waals surface area contributed by atoms with Gasteiger partial charge in [0, 0.05) is 12.3 Å². The van der Waals surface area contributed by atoms with E-state index < -0.39 is 33.4 Å². The van der Waals surface area contributed by atoms with Gasteiger partial charge < -0.3 is 15.7 Å². The molecule has 0 heterocycles. The summed E-state index contributed by atoms with van der Waals surface area (Å²) in [7, 11) is -3.19. The van der Waals surface area contributed by atoms with Crippen LogP contribution in [0.2, 0.25) is 0 Å². The predicted molar refractivity (Wildman–Crippen MR) is 74.3 cm³/mol. The lowest BCUT2D eigenvalue weighted by atomic mass is 9.82. The van der Waals surface area contributed by atoms with Crippen LogP contribution in [0.25, 0.3) is 0 Å². The number of carbonyl (C=O) groups is 2. The van der Waals surface area contributed by atoms with Crippen LogP contribution in [-0.4, -0.2) is 49.1 Å². The Morgan fingerprint density at radius 1 is 1.25 bits per heavy atom. The lowest BCUT2D eigenvalue weighted by molar-refractivity contribution is -0.145. The fourth-order valence-electron chi connectivity index (χ4n) is 2.52. The van der Waals surface area contributed by atoms with Gasteiger partial charge in [0.1, 0.15) is 15.4 Å². The summed E-state index contributed by atoms with van der Waals surface area (Å²) in [5, 5.41) is 14.3. The van der Waals surface area contributed by atoms with E-state index in [1.807, 2.05) is 0 Å². The summed E-state index contributed by atoms with van der Waals surface area (Å²) in [5.41, 5.74) is -1.23. The monoisotopic (exact) mass is 306 g/mol. The van der Waals surface area contributed by atoms with E-state index in [1.54, 1.807) is 6.92 Å². The van der Waals surface area contributed by atoms with Crippen molar-refractivity contribution in [3.05, 3.63) is 0 Å². The Morgan fingerprint density at radius 3 is 2.25 bits per heavy atom. The summed E-state index contributed by atoms with van der Waals surface area (Å²) in [6.45, 7) is 1.56. The van der Waals surface area contributed by atoms with Crippen LogP contribution in [0.3, 0.4) is 0 Å². The van der Waals surface area contributed by atoms with E-state index in [2.05, 4.69) is 10.6 Å². The number of aliphatic carboxylic acids is 1. The number of urea groups is 1. The smallest absolute Gasteiger partial charge is 0.329 e. The van der Waals surface area contributed by atoms with Gasteiger partial charge in [0.15, 0.2) is 0 Å². The van der Waals surface area contributed by atoms with Gasteiger partial charge >= 0.3 is 12.0 Å². The maximum Gasteiger partial charge on any atom is 0.329 e. The number of rotatable bonds is 5. The van der Waals surface area contributed by atoms with E-state index in [-0.39, 0.29) is 5.75 Å². The zero-order valence-electron chi connectivity index (χ0n) is 11.8. The van der Waals surface area contributed by atoms with Crippen LogP contribution in [0.4, 0.5) is 4.79 Å². The first-order valence-corrected chi connectivity index (χ1v) is 8.70. The number of hydrogen-bond donors (Lipinski definition) is 3. The van der Waals surface area contributed by atoms with Gasteiger partial charge in [-0.05, 0) is 19.8 Å². The molecule has 8 heteroatoms. The average Bonchev–Trinajstić information content (AvgIpc) is 2.26. The lowest BCUT2D eigenvalue weighted by Crippen LogP contribution is -2.59. The number of nitrogens with one attached hydrogen (secondary N) is 2. The van der Waals surface area contributed by atoms with Crippen LogP contribution >= 0.6 is 0 Å². The molecule has 2 amide bonds. The number of carboxylic acids is 1. The molecule has 1 unspecified atom stereocenters. The van der Waals surface area contributed by atoms with E-state index in [4.69, 9.17) is 0 Å². The quantitative estimate of drug-likeness (QED) is 0.685. The maximum atomic E-state index is 11.8. The van der Waals surface area contributed by atoms with Gasteiger partial charge in [-0.2, -0.15) is 0 Å². The zero-order chi connectivity index (χ0) is 15.4. The SMILES string of the molecule is CC(CS(C)(=O)=O)NC(=O)NC1(C(=O)O)CCCCC1. The maximum absolute atomic E-state index is 11.8. The molecule has 0 aliphatic heterocycles. The Labute approximate surface area is 119 Å². The highest BCUT2D eigenvalue weighted by molar-refractivity contribution is 7.90. The van der Waals surface area contributed by atoms with E-state index in [0.717, 1.165) is 25.5 Å². The molecule has 7 nitrogen and oxygen atoms in total. The fourth-order valence-corrected chi connectivity index (χ4v) is 3.51. The summed E-state index contributed by atoms with van der Waals surface area (Å²) in [4.78, 5) is 23.2. The molecule has 0 aromatic carbocycles. The third-order valence-corrected chi connectivity index (χ3v) is 4.51. The van der Waals surface area contributed by atoms with Gasteiger partial charge in [0.2, 0.25) is 0 Å². The van der Waals surface area contributed by atoms with E-state index >= 15 is 0 Å². The minimum atomic E-state index is -3.19. The van der Waals surface area contributed by atoms with Crippen molar-refractivity contribution >= 4 is 21.8 Å². The van der Waals surface area contributed by atoms with Crippen LogP contribution < -0.4 is 10.6 Å². The van der Waals surface area contributed by atoms with Crippen LogP contribution in [0.5, 0.6) is 0 Å². The number of carbonyl (C=O) groups excluding carboxylic acids is 1. The van der Waals surface area contributed by atoms with Crippen LogP contribution in [0.15, 0.2) is 0 Å². The first-order valence-electron chi connectivity index (χ1n) is 6.64. The standard InChI is InChI=1S/C12H22N2O5S/c1-9(8-20(2,18)19)13-11(17)14-12(10(15)16)6-4-3-5-7-12/h9H,3-8H2,1-2H3,(H,15,16)(H2,13,14,17). The second-order valence-corrected chi connectivity index (χ2v) is 7.72. The first-order chi connectivity index (χ1) is 9.15. The van der Waals surface area contributed by atoms with Gasteiger partial charge in [-0.25, -0.2) is 18.0 Å². The fraction of sp³-hybridized carbons (Fsp3) is 0.833. The van der Waals surface area contributed by atoms with Crippen LogP contribution in [-0.2, 0) is 14.6 Å². The highest BCUT2D eigenvalue weighted by atomic mass is 32.2. The van der Waals surface area contributed by atoms with Crippen LogP contribution in [0.1, 0.15) is 39.0 Å². The van der Waals surface area contributed by atoms with Gasteiger partial charge in [-0.15, -0.1) is 0 Å². The van der Waals surface area contributed by atoms with Crippen molar-refractivity contribution in [2.75, 3.05) is 12.0 Å².